The van der Waals surface area contributed by atoms with E-state index in [0.717, 1.165) is 19.3 Å². The van der Waals surface area contributed by atoms with Gasteiger partial charge in [-0.25, -0.2) is 0 Å². The Balaban J connectivity index is 1.94. The van der Waals surface area contributed by atoms with Crippen molar-refractivity contribution in [2.75, 3.05) is 0 Å². The van der Waals surface area contributed by atoms with Gasteiger partial charge >= 0.3 is 0 Å². The molecule has 1 aliphatic carbocycles. The molecule has 23 heavy (non-hydrogen) atoms. The molecule has 0 fully saturated rings. The fourth-order valence-electron chi connectivity index (χ4n) is 3.80. The van der Waals surface area contributed by atoms with Crippen LogP contribution in [0.5, 0.6) is 0 Å². The summed E-state index contributed by atoms with van der Waals surface area (Å²) < 4.78 is 0. The minimum atomic E-state index is 1.13. The molecule has 3 aromatic rings. The average molecular weight is 301 g/mol. The van der Waals surface area contributed by atoms with Gasteiger partial charge in [-0.15, -0.1) is 0 Å². The van der Waals surface area contributed by atoms with Crippen molar-refractivity contribution >= 4 is 17.0 Å². The first kappa shape index (κ1) is 14.3. The maximum absolute atomic E-state index is 3.62. The molecule has 4 rings (SSSR count). The molecule has 1 heterocycles. The van der Waals surface area contributed by atoms with Gasteiger partial charge in [-0.3, -0.25) is 0 Å². The molecule has 0 amide bonds. The number of hydrogen-bond acceptors (Lipinski definition) is 0. The Bertz CT molecular complexity index is 896. The second-order valence-electron chi connectivity index (χ2n) is 6.58. The lowest BCUT2D eigenvalue weighted by Crippen LogP contribution is -1.92. The number of benzene rings is 2. The summed E-state index contributed by atoms with van der Waals surface area (Å²) in [6.45, 7) is 4.48. The number of aromatic amines is 1. The van der Waals surface area contributed by atoms with Crippen LogP contribution in [-0.2, 0) is 12.8 Å². The van der Waals surface area contributed by atoms with Crippen LogP contribution in [0, 0.1) is 6.92 Å². The number of H-pyrrole nitrogens is 1. The van der Waals surface area contributed by atoms with Crippen LogP contribution in [-0.4, -0.2) is 4.98 Å². The molecular weight excluding hydrogens is 278 g/mol. The topological polar surface area (TPSA) is 15.8 Å². The molecule has 116 valence electrons. The highest BCUT2D eigenvalue weighted by atomic mass is 14.7. The third-order valence-corrected chi connectivity index (χ3v) is 4.94. The van der Waals surface area contributed by atoms with Crippen molar-refractivity contribution in [3.8, 4) is 11.1 Å². The van der Waals surface area contributed by atoms with E-state index < -0.39 is 0 Å². The van der Waals surface area contributed by atoms with E-state index >= 15 is 0 Å². The molecule has 0 bridgehead atoms. The molecule has 1 aromatic heterocycles. The summed E-state index contributed by atoms with van der Waals surface area (Å²) in [7, 11) is 0. The van der Waals surface area contributed by atoms with Crippen LogP contribution in [0.25, 0.3) is 28.1 Å². The molecule has 0 radical (unpaired) electrons. The Hall–Kier alpha value is -2.28. The van der Waals surface area contributed by atoms with Gasteiger partial charge in [0, 0.05) is 22.2 Å². The first-order chi connectivity index (χ1) is 11.3. The lowest BCUT2D eigenvalue weighted by atomic mass is 9.92. The van der Waals surface area contributed by atoms with Gasteiger partial charge in [0.05, 0.1) is 0 Å². The van der Waals surface area contributed by atoms with Crippen molar-refractivity contribution in [3.05, 3.63) is 64.9 Å². The zero-order valence-corrected chi connectivity index (χ0v) is 13.9. The molecule has 0 aliphatic heterocycles. The van der Waals surface area contributed by atoms with Crippen LogP contribution in [0.3, 0.4) is 0 Å². The first-order valence-electron chi connectivity index (χ1n) is 8.68. The number of fused-ring (bicyclic) bond motifs is 3. The number of rotatable bonds is 3. The summed E-state index contributed by atoms with van der Waals surface area (Å²) in [6.07, 6.45) is 9.17. The smallest absolute Gasteiger partial charge is 0.0465 e. The number of hydrogen-bond donors (Lipinski definition) is 1. The Morgan fingerprint density at radius 2 is 1.96 bits per heavy atom. The largest absolute Gasteiger partial charge is 0.358 e. The highest BCUT2D eigenvalue weighted by Crippen LogP contribution is 2.35. The summed E-state index contributed by atoms with van der Waals surface area (Å²) in [5.41, 5.74) is 9.63. The summed E-state index contributed by atoms with van der Waals surface area (Å²) in [6, 6.07) is 13.6. The molecule has 0 spiro atoms. The highest BCUT2D eigenvalue weighted by molar-refractivity contribution is 5.95. The molecule has 0 atom stereocenters. The molecule has 1 N–H and O–H groups in total. The van der Waals surface area contributed by atoms with Gasteiger partial charge in [-0.2, -0.15) is 0 Å². The van der Waals surface area contributed by atoms with Gasteiger partial charge in [0.2, 0.25) is 0 Å². The lowest BCUT2D eigenvalue weighted by Gasteiger charge is -2.12. The second-order valence-corrected chi connectivity index (χ2v) is 6.58. The summed E-state index contributed by atoms with van der Waals surface area (Å²) >= 11 is 0. The third-order valence-electron chi connectivity index (χ3n) is 4.94. The maximum Gasteiger partial charge on any atom is 0.0465 e. The number of aryl methyl sites for hydroxylation is 3. The van der Waals surface area contributed by atoms with Crippen LogP contribution in [0.2, 0.25) is 0 Å². The Morgan fingerprint density at radius 1 is 1.09 bits per heavy atom. The van der Waals surface area contributed by atoms with Gasteiger partial charge in [-0.05, 0) is 60.6 Å². The Kier molecular flexibility index (Phi) is 3.57. The maximum atomic E-state index is 3.62. The van der Waals surface area contributed by atoms with Gasteiger partial charge in [0.1, 0.15) is 0 Å². The zero-order valence-electron chi connectivity index (χ0n) is 13.9. The minimum Gasteiger partial charge on any atom is -0.358 e. The predicted octanol–water partition coefficient (Wildman–Crippen LogP) is 6.06. The fourth-order valence-corrected chi connectivity index (χ4v) is 3.80. The highest BCUT2D eigenvalue weighted by Gasteiger charge is 2.15. The summed E-state index contributed by atoms with van der Waals surface area (Å²) in [5, 5.41) is 1.36. The van der Waals surface area contributed by atoms with E-state index in [0.29, 0.717) is 0 Å². The minimum absolute atomic E-state index is 1.13. The van der Waals surface area contributed by atoms with Crippen molar-refractivity contribution < 1.29 is 0 Å². The van der Waals surface area contributed by atoms with Crippen LogP contribution >= 0.6 is 0 Å². The van der Waals surface area contributed by atoms with Crippen LogP contribution in [0.15, 0.2) is 42.5 Å². The Morgan fingerprint density at radius 3 is 2.83 bits per heavy atom. The van der Waals surface area contributed by atoms with E-state index in [1.807, 2.05) is 0 Å². The summed E-state index contributed by atoms with van der Waals surface area (Å²) in [5.74, 6) is 0. The fraction of sp³-hybridized carbons (Fsp3) is 0.273. The average Bonchev–Trinajstić information content (AvgIpc) is 2.92. The van der Waals surface area contributed by atoms with Crippen molar-refractivity contribution in [2.24, 2.45) is 0 Å². The van der Waals surface area contributed by atoms with Crippen LogP contribution in [0.4, 0.5) is 0 Å². The van der Waals surface area contributed by atoms with Crippen molar-refractivity contribution in [1.82, 2.24) is 4.98 Å². The van der Waals surface area contributed by atoms with Crippen LogP contribution < -0.4 is 0 Å². The number of nitrogens with one attached hydrogen (secondary N) is 1. The zero-order chi connectivity index (χ0) is 15.8. The van der Waals surface area contributed by atoms with Gasteiger partial charge in [-0.1, -0.05) is 49.8 Å². The predicted molar refractivity (Wildman–Crippen MR) is 99.8 cm³/mol. The number of allylic oxidation sites excluding steroid dienone is 1. The van der Waals surface area contributed by atoms with Crippen molar-refractivity contribution in [2.45, 2.75) is 39.5 Å². The van der Waals surface area contributed by atoms with E-state index in [-0.39, 0.29) is 0 Å². The second kappa shape index (κ2) is 5.73. The SMILES string of the molecule is CCCc1ccccc1-c1cc2c3c([nH]c2cc1C)CCC=C3. The lowest BCUT2D eigenvalue weighted by molar-refractivity contribution is 0.923. The van der Waals surface area contributed by atoms with E-state index in [1.165, 1.54) is 50.8 Å². The third kappa shape index (κ3) is 2.41. The first-order valence-corrected chi connectivity index (χ1v) is 8.68. The van der Waals surface area contributed by atoms with Crippen molar-refractivity contribution in [3.63, 3.8) is 0 Å². The molecule has 0 saturated heterocycles. The molecule has 1 heteroatoms. The normalized spacial score (nSPS) is 13.5. The van der Waals surface area contributed by atoms with Gasteiger partial charge in [0.15, 0.2) is 0 Å². The van der Waals surface area contributed by atoms with Crippen molar-refractivity contribution in [1.29, 1.82) is 0 Å². The molecule has 1 aliphatic rings. The molecular formula is C22H23N. The molecule has 0 saturated carbocycles. The van der Waals surface area contributed by atoms with E-state index in [9.17, 15) is 0 Å². The van der Waals surface area contributed by atoms with Crippen LogP contribution in [0.1, 0.15) is 42.1 Å². The molecule has 1 nitrogen and oxygen atoms in total. The van der Waals surface area contributed by atoms with E-state index in [4.69, 9.17) is 0 Å². The van der Waals surface area contributed by atoms with Gasteiger partial charge < -0.3 is 4.98 Å². The monoisotopic (exact) mass is 301 g/mol. The van der Waals surface area contributed by atoms with E-state index in [2.05, 4.69) is 67.4 Å². The van der Waals surface area contributed by atoms with Gasteiger partial charge in [0.25, 0.3) is 0 Å². The molecule has 0 unspecified atom stereocenters. The molecule has 2 aromatic carbocycles. The standard InChI is InChI=1S/C22H23N/c1-3-8-16-9-4-5-10-17(16)19-14-20-18-11-6-7-12-21(18)23-22(20)13-15(19)2/h4-6,9-11,13-14,23H,3,7-8,12H2,1-2H3. The number of aromatic nitrogens is 1. The van der Waals surface area contributed by atoms with E-state index in [1.54, 1.807) is 0 Å². The summed E-state index contributed by atoms with van der Waals surface area (Å²) in [4.78, 5) is 3.62. The Labute approximate surface area is 138 Å². The quantitative estimate of drug-likeness (QED) is 0.605.